The molecule has 0 radical (unpaired) electrons. The lowest BCUT2D eigenvalue weighted by Crippen LogP contribution is -2.31. The van der Waals surface area contributed by atoms with Gasteiger partial charge < -0.3 is 13.9 Å². The third-order valence-electron chi connectivity index (χ3n) is 11.0. The first-order valence-corrected chi connectivity index (χ1v) is 17.4. The van der Waals surface area contributed by atoms with Crippen LogP contribution < -0.4 is 4.74 Å². The van der Waals surface area contributed by atoms with Crippen molar-refractivity contribution in [3.8, 4) is 17.1 Å². The van der Waals surface area contributed by atoms with Gasteiger partial charge in [0.2, 0.25) is 0 Å². The van der Waals surface area contributed by atoms with Crippen LogP contribution in [0, 0.1) is 0 Å². The van der Waals surface area contributed by atoms with Crippen LogP contribution in [0.1, 0.15) is 24.5 Å². The number of nitrogens with zero attached hydrogens (tertiary/aromatic N) is 2. The van der Waals surface area contributed by atoms with Crippen LogP contribution in [0.15, 0.2) is 164 Å². The summed E-state index contributed by atoms with van der Waals surface area (Å²) < 4.78 is 11.4. The molecule has 0 amide bonds. The van der Waals surface area contributed by atoms with Crippen molar-refractivity contribution in [3.05, 3.63) is 175 Å². The average molecular weight is 641 g/mol. The van der Waals surface area contributed by atoms with Crippen LogP contribution in [0.25, 0.3) is 76.9 Å². The number of rotatable bonds is 3. The molecular formula is C47H32N2O. The predicted octanol–water partition coefficient (Wildman–Crippen LogP) is 12.1. The lowest BCUT2D eigenvalue weighted by molar-refractivity contribution is 0.173. The number of fused-ring (bicyclic) bond motifs is 11. The van der Waals surface area contributed by atoms with Crippen LogP contribution in [0.3, 0.4) is 0 Å². The fourth-order valence-corrected chi connectivity index (χ4v) is 8.77. The first-order valence-electron chi connectivity index (χ1n) is 17.4. The zero-order chi connectivity index (χ0) is 33.0. The van der Waals surface area contributed by atoms with E-state index in [-0.39, 0.29) is 5.60 Å². The van der Waals surface area contributed by atoms with Gasteiger partial charge in [0.05, 0.1) is 22.1 Å². The van der Waals surface area contributed by atoms with Gasteiger partial charge in [-0.1, -0.05) is 109 Å². The third kappa shape index (κ3) is 3.80. The Kier molecular flexibility index (Phi) is 5.58. The molecule has 0 saturated carbocycles. The van der Waals surface area contributed by atoms with Crippen molar-refractivity contribution < 1.29 is 4.74 Å². The van der Waals surface area contributed by atoms with E-state index in [1.807, 2.05) is 0 Å². The Bertz CT molecular complexity index is 2920. The normalized spacial score (nSPS) is 16.9. The van der Waals surface area contributed by atoms with E-state index in [0.717, 1.165) is 23.5 Å². The van der Waals surface area contributed by atoms with Gasteiger partial charge >= 0.3 is 0 Å². The second-order valence-electron chi connectivity index (χ2n) is 13.9. The maximum atomic E-state index is 6.54. The van der Waals surface area contributed by atoms with Crippen molar-refractivity contribution in [2.75, 3.05) is 0 Å². The van der Waals surface area contributed by atoms with Crippen molar-refractivity contribution in [2.24, 2.45) is 0 Å². The summed E-state index contributed by atoms with van der Waals surface area (Å²) >= 11 is 0. The van der Waals surface area contributed by atoms with Gasteiger partial charge in [-0.25, -0.2) is 0 Å². The summed E-state index contributed by atoms with van der Waals surface area (Å²) in [5, 5.41) is 7.62. The van der Waals surface area contributed by atoms with Gasteiger partial charge in [0.25, 0.3) is 0 Å². The zero-order valence-electron chi connectivity index (χ0n) is 27.6. The summed E-state index contributed by atoms with van der Waals surface area (Å²) in [7, 11) is 0. The highest BCUT2D eigenvalue weighted by molar-refractivity contribution is 6.25. The maximum Gasteiger partial charge on any atom is 0.136 e. The van der Waals surface area contributed by atoms with Gasteiger partial charge in [-0.05, 0) is 83.4 Å². The smallest absolute Gasteiger partial charge is 0.136 e. The van der Waals surface area contributed by atoms with E-state index in [4.69, 9.17) is 4.74 Å². The average Bonchev–Trinajstić information content (AvgIpc) is 3.78. The highest BCUT2D eigenvalue weighted by Crippen LogP contribution is 2.50. The SMILES string of the molecule is CC12CC(c3ccc(-n4c5ccccc5c5cc6c7c8ccccc8ccc7n(-c7ccccc7)c6cc54)cc3)=CC=C1c1ccccc1O2. The molecule has 3 heterocycles. The van der Waals surface area contributed by atoms with Gasteiger partial charge in [0.15, 0.2) is 0 Å². The van der Waals surface area contributed by atoms with Gasteiger partial charge in [-0.15, -0.1) is 0 Å². The summed E-state index contributed by atoms with van der Waals surface area (Å²) in [4.78, 5) is 0. The van der Waals surface area contributed by atoms with Crippen LogP contribution in [-0.4, -0.2) is 14.7 Å². The molecule has 50 heavy (non-hydrogen) atoms. The van der Waals surface area contributed by atoms with Gasteiger partial charge in [-0.3, -0.25) is 0 Å². The van der Waals surface area contributed by atoms with Crippen molar-refractivity contribution >= 4 is 65.5 Å². The predicted molar refractivity (Wildman–Crippen MR) is 209 cm³/mol. The van der Waals surface area contributed by atoms with Crippen molar-refractivity contribution in [1.29, 1.82) is 0 Å². The van der Waals surface area contributed by atoms with Crippen LogP contribution in [0.5, 0.6) is 5.75 Å². The van der Waals surface area contributed by atoms with Crippen LogP contribution >= 0.6 is 0 Å². The highest BCUT2D eigenvalue weighted by atomic mass is 16.5. The standard InChI is InChI=1S/C47H32N2O/c1-47-29-32(21-25-40(47)37-16-8-10-18-45(37)50-47)30-19-23-34(24-20-30)48-41-17-9-7-15-36(41)38-27-39-44(28-43(38)48)49(33-12-3-2-4-13-33)42-26-22-31-11-5-6-14-35(31)46(39)42/h2-28H,29H2,1H3. The molecule has 1 aliphatic heterocycles. The highest BCUT2D eigenvalue weighted by Gasteiger charge is 2.41. The van der Waals surface area contributed by atoms with E-state index in [2.05, 4.69) is 180 Å². The molecule has 0 saturated heterocycles. The van der Waals surface area contributed by atoms with Gasteiger partial charge in [0.1, 0.15) is 11.4 Å². The Labute approximate surface area is 289 Å². The molecule has 9 aromatic rings. The van der Waals surface area contributed by atoms with Crippen LogP contribution in [-0.2, 0) is 0 Å². The molecule has 1 unspecified atom stereocenters. The monoisotopic (exact) mass is 640 g/mol. The minimum absolute atomic E-state index is 0.354. The molecule has 0 fully saturated rings. The number of ether oxygens (including phenoxy) is 1. The van der Waals surface area contributed by atoms with Crippen molar-refractivity contribution in [2.45, 2.75) is 18.9 Å². The molecule has 7 aromatic carbocycles. The van der Waals surface area contributed by atoms with E-state index in [9.17, 15) is 0 Å². The van der Waals surface area contributed by atoms with E-state index >= 15 is 0 Å². The fraction of sp³-hybridized carbons (Fsp3) is 0.0638. The second-order valence-corrected chi connectivity index (χ2v) is 13.9. The molecular weight excluding hydrogens is 609 g/mol. The summed E-state index contributed by atoms with van der Waals surface area (Å²) in [6.45, 7) is 2.22. The Balaban J connectivity index is 1.11. The molecule has 2 aliphatic rings. The van der Waals surface area contributed by atoms with Crippen LogP contribution in [0.4, 0.5) is 0 Å². The summed E-state index contributed by atoms with van der Waals surface area (Å²) in [5.74, 6) is 0.978. The summed E-state index contributed by atoms with van der Waals surface area (Å²) in [6.07, 6.45) is 5.37. The quantitative estimate of drug-likeness (QED) is 0.188. The minimum Gasteiger partial charge on any atom is -0.482 e. The minimum atomic E-state index is -0.354. The first kappa shape index (κ1) is 27.6. The Morgan fingerprint density at radius 3 is 2.10 bits per heavy atom. The molecule has 1 atom stereocenters. The number of allylic oxidation sites excluding steroid dienone is 2. The number of aromatic nitrogens is 2. The molecule has 0 bridgehead atoms. The first-order chi connectivity index (χ1) is 24.6. The van der Waals surface area contributed by atoms with E-state index in [1.54, 1.807) is 0 Å². The van der Waals surface area contributed by atoms with Crippen molar-refractivity contribution in [3.63, 3.8) is 0 Å². The zero-order valence-corrected chi connectivity index (χ0v) is 27.6. The largest absolute Gasteiger partial charge is 0.482 e. The Morgan fingerprint density at radius 2 is 1.22 bits per heavy atom. The molecule has 3 heteroatoms. The molecule has 0 N–H and O–H groups in total. The van der Waals surface area contributed by atoms with E-state index in [1.165, 1.54) is 76.7 Å². The topological polar surface area (TPSA) is 19.1 Å². The van der Waals surface area contributed by atoms with Gasteiger partial charge in [-0.2, -0.15) is 0 Å². The molecule has 236 valence electrons. The summed E-state index contributed by atoms with van der Waals surface area (Å²) in [5.41, 5.74) is 11.8. The molecule has 2 aromatic heterocycles. The lowest BCUT2D eigenvalue weighted by atomic mass is 9.80. The van der Waals surface area contributed by atoms with Crippen LogP contribution in [0.2, 0.25) is 0 Å². The second kappa shape index (κ2) is 10.1. The molecule has 0 spiro atoms. The molecule has 3 nitrogen and oxygen atoms in total. The fourth-order valence-electron chi connectivity index (χ4n) is 8.77. The number of hydrogen-bond donors (Lipinski definition) is 0. The molecule has 1 aliphatic carbocycles. The number of hydrogen-bond acceptors (Lipinski definition) is 1. The van der Waals surface area contributed by atoms with Gasteiger partial charge in [0, 0.05) is 50.5 Å². The maximum absolute atomic E-state index is 6.54. The van der Waals surface area contributed by atoms with E-state index in [0.29, 0.717) is 0 Å². The number of benzene rings is 7. The molecule has 11 rings (SSSR count). The third-order valence-corrected chi connectivity index (χ3v) is 11.0. The Morgan fingerprint density at radius 1 is 0.520 bits per heavy atom. The lowest BCUT2D eigenvalue weighted by Gasteiger charge is -2.30. The summed E-state index contributed by atoms with van der Waals surface area (Å²) in [6, 6.07) is 55.2. The number of para-hydroxylation sites is 3. The van der Waals surface area contributed by atoms with Crippen molar-refractivity contribution in [1.82, 2.24) is 9.13 Å². The van der Waals surface area contributed by atoms with E-state index < -0.39 is 0 Å². The Hall–Kier alpha value is -6.32.